The summed E-state index contributed by atoms with van der Waals surface area (Å²) in [5.41, 5.74) is 6.06. The van der Waals surface area contributed by atoms with E-state index in [0.29, 0.717) is 11.4 Å². The number of ether oxygens (including phenoxy) is 1. The van der Waals surface area contributed by atoms with Crippen LogP contribution in [0.3, 0.4) is 0 Å². The van der Waals surface area contributed by atoms with Crippen LogP contribution in [0.15, 0.2) is 42.6 Å². The molecule has 0 atom stereocenters. The van der Waals surface area contributed by atoms with E-state index in [9.17, 15) is 9.18 Å². The summed E-state index contributed by atoms with van der Waals surface area (Å²) in [6, 6.07) is 8.72. The highest BCUT2D eigenvalue weighted by molar-refractivity contribution is 5.91. The van der Waals surface area contributed by atoms with Gasteiger partial charge < -0.3 is 15.8 Å². The van der Waals surface area contributed by atoms with Gasteiger partial charge in [0.1, 0.15) is 5.82 Å². The van der Waals surface area contributed by atoms with E-state index in [1.807, 2.05) is 0 Å². The van der Waals surface area contributed by atoms with Crippen molar-refractivity contribution in [2.75, 3.05) is 17.7 Å². The highest BCUT2D eigenvalue weighted by Gasteiger charge is 2.06. The lowest BCUT2D eigenvalue weighted by molar-refractivity contribution is -0.118. The second-order valence-corrected chi connectivity index (χ2v) is 3.73. The van der Waals surface area contributed by atoms with Crippen molar-refractivity contribution in [3.63, 3.8) is 0 Å². The Hall–Kier alpha value is -2.63. The minimum atomic E-state index is -0.366. The zero-order chi connectivity index (χ0) is 13.7. The van der Waals surface area contributed by atoms with Crippen LogP contribution in [0.5, 0.6) is 5.75 Å². The van der Waals surface area contributed by atoms with Gasteiger partial charge in [0.05, 0.1) is 0 Å². The first-order valence-electron chi connectivity index (χ1n) is 5.54. The van der Waals surface area contributed by atoms with Gasteiger partial charge in [-0.15, -0.1) is 0 Å². The monoisotopic (exact) mass is 261 g/mol. The second-order valence-electron chi connectivity index (χ2n) is 3.73. The number of nitrogens with zero attached hydrogens (tertiary/aromatic N) is 1. The first-order chi connectivity index (χ1) is 9.15. The molecule has 1 aromatic heterocycles. The zero-order valence-electron chi connectivity index (χ0n) is 9.97. The molecule has 0 saturated carbocycles. The number of halogens is 1. The predicted molar refractivity (Wildman–Crippen MR) is 69.2 cm³/mol. The van der Waals surface area contributed by atoms with Crippen molar-refractivity contribution in [2.45, 2.75) is 0 Å². The summed E-state index contributed by atoms with van der Waals surface area (Å²) in [7, 11) is 0. The Morgan fingerprint density at radius 2 is 2.05 bits per heavy atom. The lowest BCUT2D eigenvalue weighted by Gasteiger charge is -2.08. The summed E-state index contributed by atoms with van der Waals surface area (Å²) in [6.07, 6.45) is 1.53. The molecule has 5 nitrogen and oxygen atoms in total. The Morgan fingerprint density at radius 3 is 2.74 bits per heavy atom. The number of hydrogen-bond donors (Lipinski definition) is 2. The van der Waals surface area contributed by atoms with Gasteiger partial charge in [0.2, 0.25) is 0 Å². The number of nitrogens with two attached hydrogens (primary N) is 1. The Balaban J connectivity index is 1.88. The quantitative estimate of drug-likeness (QED) is 0.880. The number of amides is 1. The Labute approximate surface area is 109 Å². The largest absolute Gasteiger partial charge is 0.480 e. The standard InChI is InChI=1S/C13H12FN3O2/c14-9-3-5-10(6-4-9)17-12(18)8-19-11-2-1-7-16-13(11)15/h1-7H,8H2,(H2,15,16)(H,17,18). The average molecular weight is 261 g/mol. The Kier molecular flexibility index (Phi) is 3.92. The lowest BCUT2D eigenvalue weighted by Crippen LogP contribution is -2.20. The summed E-state index contributed by atoms with van der Waals surface area (Å²) >= 11 is 0. The van der Waals surface area contributed by atoms with Crippen molar-refractivity contribution < 1.29 is 13.9 Å². The van der Waals surface area contributed by atoms with Gasteiger partial charge >= 0.3 is 0 Å². The Bertz CT molecular complexity index is 572. The van der Waals surface area contributed by atoms with Crippen molar-refractivity contribution in [3.05, 3.63) is 48.4 Å². The van der Waals surface area contributed by atoms with Crippen LogP contribution in [0, 0.1) is 5.82 Å². The van der Waals surface area contributed by atoms with Crippen molar-refractivity contribution in [1.29, 1.82) is 0 Å². The van der Waals surface area contributed by atoms with Crippen molar-refractivity contribution in [1.82, 2.24) is 4.98 Å². The molecule has 0 unspecified atom stereocenters. The number of benzene rings is 1. The van der Waals surface area contributed by atoms with E-state index in [1.54, 1.807) is 12.1 Å². The molecular formula is C13H12FN3O2. The SMILES string of the molecule is Nc1ncccc1OCC(=O)Nc1ccc(F)cc1. The number of aromatic nitrogens is 1. The van der Waals surface area contributed by atoms with Crippen LogP contribution < -0.4 is 15.8 Å². The zero-order valence-corrected chi connectivity index (χ0v) is 9.97. The lowest BCUT2D eigenvalue weighted by atomic mass is 10.3. The van der Waals surface area contributed by atoms with Crippen LogP contribution in [0.2, 0.25) is 0 Å². The summed E-state index contributed by atoms with van der Waals surface area (Å²) < 4.78 is 17.9. The van der Waals surface area contributed by atoms with Crippen molar-refractivity contribution in [3.8, 4) is 5.75 Å². The molecule has 1 heterocycles. The molecule has 0 fully saturated rings. The summed E-state index contributed by atoms with van der Waals surface area (Å²) in [5.74, 6) is -0.166. The van der Waals surface area contributed by atoms with E-state index in [1.165, 1.54) is 30.5 Å². The molecule has 0 radical (unpaired) electrons. The summed E-state index contributed by atoms with van der Waals surface area (Å²) in [5, 5.41) is 2.57. The van der Waals surface area contributed by atoms with Crippen LogP contribution in [0.4, 0.5) is 15.9 Å². The number of carbonyl (C=O) groups is 1. The molecule has 3 N–H and O–H groups in total. The molecule has 0 saturated heterocycles. The maximum Gasteiger partial charge on any atom is 0.262 e. The van der Waals surface area contributed by atoms with E-state index >= 15 is 0 Å². The summed E-state index contributed by atoms with van der Waals surface area (Å²) in [4.78, 5) is 15.4. The molecule has 0 aliphatic carbocycles. The van der Waals surface area contributed by atoms with Gasteiger partial charge in [0, 0.05) is 11.9 Å². The van der Waals surface area contributed by atoms with Gasteiger partial charge in [0.15, 0.2) is 18.2 Å². The molecule has 0 spiro atoms. The van der Waals surface area contributed by atoms with Crippen LogP contribution in [-0.2, 0) is 4.79 Å². The highest BCUT2D eigenvalue weighted by Crippen LogP contribution is 2.16. The first kappa shape index (κ1) is 12.8. The molecule has 1 amide bonds. The van der Waals surface area contributed by atoms with Gasteiger partial charge in [-0.25, -0.2) is 9.37 Å². The van der Waals surface area contributed by atoms with E-state index in [4.69, 9.17) is 10.5 Å². The molecule has 0 aliphatic rings. The maximum absolute atomic E-state index is 12.7. The maximum atomic E-state index is 12.7. The number of hydrogen-bond acceptors (Lipinski definition) is 4. The molecule has 6 heteroatoms. The fourth-order valence-electron chi connectivity index (χ4n) is 1.40. The number of anilines is 2. The molecule has 1 aromatic carbocycles. The number of nitrogens with one attached hydrogen (secondary N) is 1. The predicted octanol–water partition coefficient (Wildman–Crippen LogP) is 1.82. The molecule has 0 aliphatic heterocycles. The van der Waals surface area contributed by atoms with Gasteiger partial charge in [-0.05, 0) is 36.4 Å². The van der Waals surface area contributed by atoms with Gasteiger partial charge in [-0.1, -0.05) is 0 Å². The number of pyridine rings is 1. The molecule has 2 aromatic rings. The molecular weight excluding hydrogens is 249 g/mol. The fourth-order valence-corrected chi connectivity index (χ4v) is 1.40. The van der Waals surface area contributed by atoms with Crippen LogP contribution in [-0.4, -0.2) is 17.5 Å². The Morgan fingerprint density at radius 1 is 1.32 bits per heavy atom. The van der Waals surface area contributed by atoms with Crippen molar-refractivity contribution >= 4 is 17.4 Å². The third-order valence-corrected chi connectivity index (χ3v) is 2.29. The van der Waals surface area contributed by atoms with E-state index in [2.05, 4.69) is 10.3 Å². The van der Waals surface area contributed by atoms with Gasteiger partial charge in [0.25, 0.3) is 5.91 Å². The normalized spacial score (nSPS) is 9.95. The number of nitrogen functional groups attached to an aromatic ring is 1. The fraction of sp³-hybridized carbons (Fsp3) is 0.0769. The molecule has 19 heavy (non-hydrogen) atoms. The topological polar surface area (TPSA) is 77.2 Å². The first-order valence-corrected chi connectivity index (χ1v) is 5.54. The minimum Gasteiger partial charge on any atom is -0.480 e. The molecule has 2 rings (SSSR count). The number of rotatable bonds is 4. The van der Waals surface area contributed by atoms with Crippen LogP contribution in [0.25, 0.3) is 0 Å². The van der Waals surface area contributed by atoms with Crippen molar-refractivity contribution in [2.24, 2.45) is 0 Å². The van der Waals surface area contributed by atoms with Crippen LogP contribution in [0.1, 0.15) is 0 Å². The van der Waals surface area contributed by atoms with Crippen LogP contribution >= 0.6 is 0 Å². The third kappa shape index (κ3) is 3.67. The van der Waals surface area contributed by atoms with E-state index in [0.717, 1.165) is 0 Å². The minimum absolute atomic E-state index is 0.201. The average Bonchev–Trinajstić information content (AvgIpc) is 2.40. The van der Waals surface area contributed by atoms with Gasteiger partial charge in [-0.2, -0.15) is 0 Å². The highest BCUT2D eigenvalue weighted by atomic mass is 19.1. The van der Waals surface area contributed by atoms with E-state index in [-0.39, 0.29) is 24.1 Å². The second kappa shape index (κ2) is 5.81. The van der Waals surface area contributed by atoms with Gasteiger partial charge in [-0.3, -0.25) is 4.79 Å². The molecule has 0 bridgehead atoms. The molecule has 98 valence electrons. The smallest absolute Gasteiger partial charge is 0.262 e. The number of carbonyl (C=O) groups excluding carboxylic acids is 1. The third-order valence-electron chi connectivity index (χ3n) is 2.29. The summed E-state index contributed by atoms with van der Waals surface area (Å²) in [6.45, 7) is -0.201. The van der Waals surface area contributed by atoms with E-state index < -0.39 is 0 Å².